The van der Waals surface area contributed by atoms with Gasteiger partial charge in [0.25, 0.3) is 5.91 Å². The van der Waals surface area contributed by atoms with Gasteiger partial charge in [-0.2, -0.15) is 0 Å². The summed E-state index contributed by atoms with van der Waals surface area (Å²) in [4.78, 5) is 19.0. The smallest absolute Gasteiger partial charge is 0.255 e. The van der Waals surface area contributed by atoms with Crippen LogP contribution < -0.4 is 10.2 Å². The third-order valence-electron chi connectivity index (χ3n) is 4.78. The first-order valence-corrected chi connectivity index (χ1v) is 9.40. The fourth-order valence-corrected chi connectivity index (χ4v) is 3.57. The van der Waals surface area contributed by atoms with E-state index in [1.807, 2.05) is 36.4 Å². The predicted octanol–water partition coefficient (Wildman–Crippen LogP) is 4.21. The van der Waals surface area contributed by atoms with Crippen molar-refractivity contribution in [2.45, 2.75) is 26.1 Å². The summed E-state index contributed by atoms with van der Waals surface area (Å²) in [6, 6.07) is 15.2. The molecule has 2 heterocycles. The highest BCUT2D eigenvalue weighted by atomic mass is 16.5. The average Bonchev–Trinajstić information content (AvgIpc) is 3.22. The number of nitrogens with one attached hydrogen (secondary N) is 1. The predicted molar refractivity (Wildman–Crippen MR) is 109 cm³/mol. The number of nitrogens with zero attached hydrogens (tertiary/aromatic N) is 2. The second kappa shape index (κ2) is 7.86. The van der Waals surface area contributed by atoms with Gasteiger partial charge in [-0.15, -0.1) is 0 Å². The van der Waals surface area contributed by atoms with Crippen LogP contribution in [-0.2, 0) is 4.74 Å². The Bertz CT molecular complexity index is 928. The van der Waals surface area contributed by atoms with Crippen LogP contribution in [0.4, 0.5) is 11.4 Å². The van der Waals surface area contributed by atoms with Crippen LogP contribution in [0.1, 0.15) is 24.2 Å². The molecular formula is C22H23N3O3. The van der Waals surface area contributed by atoms with Crippen molar-refractivity contribution >= 4 is 17.3 Å². The lowest BCUT2D eigenvalue weighted by Crippen LogP contribution is -2.45. The monoisotopic (exact) mass is 377 g/mol. The van der Waals surface area contributed by atoms with Crippen molar-refractivity contribution in [1.29, 1.82) is 0 Å². The van der Waals surface area contributed by atoms with Crippen LogP contribution in [0.15, 0.2) is 65.5 Å². The second-order valence-corrected chi connectivity index (χ2v) is 7.08. The number of benzene rings is 2. The quantitative estimate of drug-likeness (QED) is 0.738. The minimum absolute atomic E-state index is 0.147. The van der Waals surface area contributed by atoms with Gasteiger partial charge in [0.15, 0.2) is 12.2 Å². The van der Waals surface area contributed by atoms with Crippen molar-refractivity contribution in [2.75, 3.05) is 23.3 Å². The minimum atomic E-state index is -0.147. The number of ether oxygens (including phenoxy) is 1. The fourth-order valence-electron chi connectivity index (χ4n) is 3.57. The summed E-state index contributed by atoms with van der Waals surface area (Å²) >= 11 is 0. The summed E-state index contributed by atoms with van der Waals surface area (Å²) < 4.78 is 11.1. The molecule has 6 heteroatoms. The molecule has 1 aliphatic rings. The number of hydrogen-bond donors (Lipinski definition) is 1. The first-order valence-electron chi connectivity index (χ1n) is 9.40. The number of carbonyl (C=O) groups excluding carboxylic acids is 1. The molecule has 4 rings (SSSR count). The normalized spacial score (nSPS) is 19.4. The van der Waals surface area contributed by atoms with E-state index in [1.54, 1.807) is 18.3 Å². The molecule has 2 atom stereocenters. The van der Waals surface area contributed by atoms with Gasteiger partial charge in [-0.05, 0) is 38.1 Å². The second-order valence-electron chi connectivity index (χ2n) is 7.08. The Hall–Kier alpha value is -3.12. The number of carbonyl (C=O) groups is 1. The Balaban J connectivity index is 1.52. The molecule has 1 N–H and O–H groups in total. The topological polar surface area (TPSA) is 67.6 Å². The maximum atomic E-state index is 12.8. The van der Waals surface area contributed by atoms with Crippen LogP contribution in [0.2, 0.25) is 0 Å². The van der Waals surface area contributed by atoms with Crippen LogP contribution in [0.25, 0.3) is 11.3 Å². The number of hydrogen-bond acceptors (Lipinski definition) is 5. The molecule has 3 aromatic rings. The van der Waals surface area contributed by atoms with Gasteiger partial charge < -0.3 is 19.4 Å². The summed E-state index contributed by atoms with van der Waals surface area (Å²) in [6.45, 7) is 5.73. The van der Waals surface area contributed by atoms with Crippen molar-refractivity contribution in [1.82, 2.24) is 4.98 Å². The Morgan fingerprint density at radius 2 is 1.79 bits per heavy atom. The van der Waals surface area contributed by atoms with Crippen molar-refractivity contribution in [3.8, 4) is 11.3 Å². The van der Waals surface area contributed by atoms with E-state index in [0.29, 0.717) is 11.3 Å². The van der Waals surface area contributed by atoms with Crippen LogP contribution >= 0.6 is 0 Å². The molecule has 1 saturated heterocycles. The molecule has 1 aromatic heterocycles. The third-order valence-corrected chi connectivity index (χ3v) is 4.78. The molecule has 0 saturated carbocycles. The number of amides is 1. The van der Waals surface area contributed by atoms with Crippen molar-refractivity contribution in [2.24, 2.45) is 0 Å². The highest BCUT2D eigenvalue weighted by Gasteiger charge is 2.24. The maximum Gasteiger partial charge on any atom is 0.255 e. The van der Waals surface area contributed by atoms with Gasteiger partial charge in [-0.25, -0.2) is 4.98 Å². The zero-order chi connectivity index (χ0) is 19.5. The lowest BCUT2D eigenvalue weighted by molar-refractivity contribution is -0.00517. The van der Waals surface area contributed by atoms with Crippen LogP contribution in [-0.4, -0.2) is 36.2 Å². The number of aromatic nitrogens is 1. The highest BCUT2D eigenvalue weighted by Crippen LogP contribution is 2.29. The maximum absolute atomic E-state index is 12.8. The number of anilines is 2. The van der Waals surface area contributed by atoms with Gasteiger partial charge in [-0.3, -0.25) is 4.79 Å². The van der Waals surface area contributed by atoms with Crippen molar-refractivity contribution in [3.63, 3.8) is 0 Å². The lowest BCUT2D eigenvalue weighted by Gasteiger charge is -2.37. The molecule has 0 spiro atoms. The molecular weight excluding hydrogens is 354 g/mol. The first-order chi connectivity index (χ1) is 13.6. The molecule has 6 nitrogen and oxygen atoms in total. The van der Waals surface area contributed by atoms with Crippen LogP contribution in [0.3, 0.4) is 0 Å². The fraction of sp³-hybridized carbons (Fsp3) is 0.273. The minimum Gasteiger partial charge on any atom is -0.444 e. The average molecular weight is 377 g/mol. The first kappa shape index (κ1) is 18.3. The molecule has 2 aromatic carbocycles. The van der Waals surface area contributed by atoms with Gasteiger partial charge >= 0.3 is 0 Å². The third kappa shape index (κ3) is 3.92. The zero-order valence-electron chi connectivity index (χ0n) is 16.0. The summed E-state index contributed by atoms with van der Waals surface area (Å²) in [5.74, 6) is 0.527. The van der Waals surface area contributed by atoms with E-state index < -0.39 is 0 Å². The van der Waals surface area contributed by atoms with E-state index in [1.165, 1.54) is 6.39 Å². The number of para-hydroxylation sites is 2. The van der Waals surface area contributed by atoms with Crippen LogP contribution in [0, 0.1) is 0 Å². The van der Waals surface area contributed by atoms with Gasteiger partial charge in [0, 0.05) is 24.2 Å². The van der Waals surface area contributed by atoms with E-state index in [4.69, 9.17) is 9.15 Å². The molecule has 144 valence electrons. The highest BCUT2D eigenvalue weighted by molar-refractivity contribution is 6.06. The Kier molecular flexibility index (Phi) is 5.12. The lowest BCUT2D eigenvalue weighted by atomic mass is 10.1. The molecule has 0 aliphatic carbocycles. The number of oxazole rings is 1. The van der Waals surface area contributed by atoms with Crippen molar-refractivity contribution < 1.29 is 13.9 Å². The summed E-state index contributed by atoms with van der Waals surface area (Å²) in [6.07, 6.45) is 3.34. The summed E-state index contributed by atoms with van der Waals surface area (Å²) in [7, 11) is 0. The number of rotatable bonds is 4. The number of morpholine rings is 1. The van der Waals surface area contributed by atoms with Gasteiger partial charge in [0.05, 0.1) is 29.8 Å². The van der Waals surface area contributed by atoms with E-state index in [-0.39, 0.29) is 18.1 Å². The molecule has 0 unspecified atom stereocenters. The van der Waals surface area contributed by atoms with Gasteiger partial charge in [0.1, 0.15) is 0 Å². The summed E-state index contributed by atoms with van der Waals surface area (Å²) in [5, 5.41) is 3.05. The molecule has 1 amide bonds. The zero-order valence-corrected chi connectivity index (χ0v) is 16.0. The van der Waals surface area contributed by atoms with Gasteiger partial charge in [-0.1, -0.05) is 24.3 Å². The van der Waals surface area contributed by atoms with E-state index in [2.05, 4.69) is 29.0 Å². The van der Waals surface area contributed by atoms with E-state index in [0.717, 1.165) is 30.0 Å². The molecule has 1 aliphatic heterocycles. The SMILES string of the molecule is C[C@@H]1CN(c2ccccc2NC(=O)c2ccc(-c3cnco3)cc2)C[C@H](C)O1. The van der Waals surface area contributed by atoms with Crippen LogP contribution in [0.5, 0.6) is 0 Å². The molecule has 0 bridgehead atoms. The Morgan fingerprint density at radius 1 is 1.07 bits per heavy atom. The van der Waals surface area contributed by atoms with Gasteiger partial charge in [0.2, 0.25) is 0 Å². The molecule has 1 fully saturated rings. The summed E-state index contributed by atoms with van der Waals surface area (Å²) in [5.41, 5.74) is 3.27. The molecule has 0 radical (unpaired) electrons. The Labute approximate surface area is 164 Å². The standard InChI is InChI=1S/C22H23N3O3/c1-15-12-25(13-16(2)28-15)20-6-4-3-5-19(20)24-22(26)18-9-7-17(8-10-18)21-11-23-14-27-21/h3-11,14-16H,12-13H2,1-2H3,(H,24,26)/t15-,16+. The van der Waals surface area contributed by atoms with Crippen molar-refractivity contribution in [3.05, 3.63) is 66.7 Å². The van der Waals surface area contributed by atoms with E-state index in [9.17, 15) is 4.79 Å². The largest absolute Gasteiger partial charge is 0.444 e. The van der Waals surface area contributed by atoms with E-state index >= 15 is 0 Å². The molecule has 28 heavy (non-hydrogen) atoms. The Morgan fingerprint density at radius 3 is 2.46 bits per heavy atom.